The molecule has 1 aliphatic rings. The molecule has 3 aromatic carbocycles. The van der Waals surface area contributed by atoms with Crippen LogP contribution in [0.1, 0.15) is 55.0 Å². The number of benzene rings is 3. The number of anilines is 2. The number of hydrogen-bond acceptors (Lipinski definition) is 4. The molecule has 1 aliphatic heterocycles. The van der Waals surface area contributed by atoms with E-state index >= 15 is 0 Å². The summed E-state index contributed by atoms with van der Waals surface area (Å²) in [6.45, 7) is 8.34. The topological polar surface area (TPSA) is 99.8 Å². The summed E-state index contributed by atoms with van der Waals surface area (Å²) >= 11 is 0. The van der Waals surface area contributed by atoms with Gasteiger partial charge in [-0.1, -0.05) is 74.0 Å². The molecule has 4 amide bonds. The summed E-state index contributed by atoms with van der Waals surface area (Å²) in [6, 6.07) is 20.9. The molecule has 0 fully saturated rings. The highest BCUT2D eigenvalue weighted by atomic mass is 16.5. The van der Waals surface area contributed by atoms with Crippen LogP contribution in [0.2, 0.25) is 0 Å². The molecule has 3 N–H and O–H groups in total. The molecule has 1 heterocycles. The van der Waals surface area contributed by atoms with Crippen molar-refractivity contribution in [3.8, 4) is 0 Å². The average molecular weight is 541 g/mol. The number of nitrogens with zero attached hydrogens (tertiary/aromatic N) is 1. The second-order valence-electron chi connectivity index (χ2n) is 9.71. The van der Waals surface area contributed by atoms with Gasteiger partial charge in [-0.3, -0.25) is 4.90 Å². The second-order valence-corrected chi connectivity index (χ2v) is 9.71. The molecule has 0 radical (unpaired) electrons. The zero-order chi connectivity index (χ0) is 28.6. The van der Waals surface area contributed by atoms with Crippen LogP contribution in [0.3, 0.4) is 0 Å². The van der Waals surface area contributed by atoms with Crippen LogP contribution in [0.5, 0.6) is 0 Å². The van der Waals surface area contributed by atoms with Gasteiger partial charge in [0.1, 0.15) is 0 Å². The summed E-state index contributed by atoms with van der Waals surface area (Å²) in [5.74, 6) is -0.501. The van der Waals surface area contributed by atoms with Crippen LogP contribution in [0.25, 0.3) is 5.70 Å². The van der Waals surface area contributed by atoms with E-state index in [0.29, 0.717) is 29.1 Å². The second kappa shape index (κ2) is 13.0. The van der Waals surface area contributed by atoms with Crippen molar-refractivity contribution in [2.24, 2.45) is 0 Å². The first-order chi connectivity index (χ1) is 19.3. The van der Waals surface area contributed by atoms with E-state index in [0.717, 1.165) is 35.2 Å². The highest BCUT2D eigenvalue weighted by Gasteiger charge is 2.38. The van der Waals surface area contributed by atoms with E-state index in [9.17, 15) is 14.4 Å². The van der Waals surface area contributed by atoms with Crippen molar-refractivity contribution < 1.29 is 19.1 Å². The van der Waals surface area contributed by atoms with Crippen LogP contribution in [-0.2, 0) is 9.53 Å². The van der Waals surface area contributed by atoms with E-state index < -0.39 is 12.0 Å². The molecule has 0 aliphatic carbocycles. The standard InChI is InChI=1S/C32H36N4O4/c1-5-7-19-36-29(23-15-9-8-10-16-23)26(30(37)40-6-2)28(35-32(36)39)24-17-12-18-25(20-24)33-31(38)34-27-21(3)13-11-14-22(27)4/h8-18,20,28H,5-7,19H2,1-4H3,(H,35,39)(H2,33,34,38). The average Bonchev–Trinajstić information content (AvgIpc) is 2.94. The number of urea groups is 2. The quantitative estimate of drug-likeness (QED) is 0.260. The fourth-order valence-corrected chi connectivity index (χ4v) is 4.85. The van der Waals surface area contributed by atoms with Gasteiger partial charge in [0.2, 0.25) is 0 Å². The van der Waals surface area contributed by atoms with Crippen LogP contribution in [-0.4, -0.2) is 36.1 Å². The van der Waals surface area contributed by atoms with Gasteiger partial charge in [0.15, 0.2) is 0 Å². The van der Waals surface area contributed by atoms with Gasteiger partial charge in [0, 0.05) is 17.9 Å². The summed E-state index contributed by atoms with van der Waals surface area (Å²) in [5.41, 5.74) is 5.47. The minimum atomic E-state index is -0.775. The maximum atomic E-state index is 13.5. The first-order valence-electron chi connectivity index (χ1n) is 13.6. The fourth-order valence-electron chi connectivity index (χ4n) is 4.85. The third-order valence-corrected chi connectivity index (χ3v) is 6.80. The summed E-state index contributed by atoms with van der Waals surface area (Å²) in [7, 11) is 0. The molecule has 1 unspecified atom stereocenters. The number of unbranched alkanes of at least 4 members (excludes halogenated alkanes) is 1. The normalized spacial score (nSPS) is 14.9. The largest absolute Gasteiger partial charge is 0.463 e. The van der Waals surface area contributed by atoms with Gasteiger partial charge in [-0.15, -0.1) is 0 Å². The lowest BCUT2D eigenvalue weighted by molar-refractivity contribution is -0.138. The molecular weight excluding hydrogens is 504 g/mol. The Morgan fingerprint density at radius 1 is 0.925 bits per heavy atom. The lowest BCUT2D eigenvalue weighted by atomic mass is 9.91. The molecule has 3 aromatic rings. The molecule has 208 valence electrons. The van der Waals surface area contributed by atoms with E-state index in [1.807, 2.05) is 68.4 Å². The maximum absolute atomic E-state index is 13.5. The Kier molecular flexibility index (Phi) is 9.22. The number of nitrogens with one attached hydrogen (secondary N) is 3. The van der Waals surface area contributed by atoms with Gasteiger partial charge in [0.05, 0.1) is 23.9 Å². The predicted octanol–water partition coefficient (Wildman–Crippen LogP) is 6.79. The Hall–Kier alpha value is -4.59. The number of ether oxygens (including phenoxy) is 1. The number of carbonyl (C=O) groups is 3. The van der Waals surface area contributed by atoms with E-state index in [1.165, 1.54) is 0 Å². The number of aryl methyl sites for hydroxylation is 2. The van der Waals surface area contributed by atoms with Crippen LogP contribution in [0.15, 0.2) is 78.4 Å². The van der Waals surface area contributed by atoms with Crippen LogP contribution >= 0.6 is 0 Å². The molecule has 1 atom stereocenters. The lowest BCUT2D eigenvalue weighted by Gasteiger charge is -2.37. The smallest absolute Gasteiger partial charge is 0.338 e. The monoisotopic (exact) mass is 540 g/mol. The van der Waals surface area contributed by atoms with E-state index in [2.05, 4.69) is 22.9 Å². The molecule has 0 spiro atoms. The van der Waals surface area contributed by atoms with Crippen LogP contribution < -0.4 is 16.0 Å². The van der Waals surface area contributed by atoms with Gasteiger partial charge in [-0.05, 0) is 61.6 Å². The van der Waals surface area contributed by atoms with Gasteiger partial charge in [0.25, 0.3) is 0 Å². The molecule has 0 saturated heterocycles. The zero-order valence-corrected chi connectivity index (χ0v) is 23.4. The van der Waals surface area contributed by atoms with Crippen molar-refractivity contribution in [2.75, 3.05) is 23.8 Å². The Balaban J connectivity index is 1.73. The van der Waals surface area contributed by atoms with Gasteiger partial charge < -0.3 is 20.7 Å². The molecule has 8 nitrogen and oxygen atoms in total. The minimum absolute atomic E-state index is 0.195. The number of para-hydroxylation sites is 1. The van der Waals surface area contributed by atoms with Crippen molar-refractivity contribution in [2.45, 2.75) is 46.6 Å². The summed E-state index contributed by atoms with van der Waals surface area (Å²) < 4.78 is 5.50. The van der Waals surface area contributed by atoms with Crippen molar-refractivity contribution in [1.29, 1.82) is 0 Å². The Bertz CT molecular complexity index is 1400. The number of hydrogen-bond donors (Lipinski definition) is 3. The molecule has 0 bridgehead atoms. The SMILES string of the molecule is CCCCN1C(=O)NC(c2cccc(NC(=O)Nc3c(C)cccc3C)c2)C(C(=O)OCC)=C1c1ccccc1. The van der Waals surface area contributed by atoms with Crippen LogP contribution in [0.4, 0.5) is 21.0 Å². The van der Waals surface area contributed by atoms with Crippen molar-refractivity contribution in [1.82, 2.24) is 10.2 Å². The summed E-state index contributed by atoms with van der Waals surface area (Å²) in [5, 5.41) is 8.82. The molecule has 0 aromatic heterocycles. The predicted molar refractivity (Wildman–Crippen MR) is 158 cm³/mol. The number of carbonyl (C=O) groups excluding carboxylic acids is 3. The molecule has 40 heavy (non-hydrogen) atoms. The minimum Gasteiger partial charge on any atom is -0.463 e. The number of amides is 4. The lowest BCUT2D eigenvalue weighted by Crippen LogP contribution is -2.48. The van der Waals surface area contributed by atoms with Crippen molar-refractivity contribution in [3.63, 3.8) is 0 Å². The number of rotatable bonds is 9. The third kappa shape index (κ3) is 6.34. The van der Waals surface area contributed by atoms with Crippen LogP contribution in [0, 0.1) is 13.8 Å². The summed E-state index contributed by atoms with van der Waals surface area (Å²) in [4.78, 5) is 41.5. The first kappa shape index (κ1) is 28.4. The van der Waals surface area contributed by atoms with Crippen molar-refractivity contribution >= 4 is 35.1 Å². The molecule has 4 rings (SSSR count). The third-order valence-electron chi connectivity index (χ3n) is 6.80. The summed E-state index contributed by atoms with van der Waals surface area (Å²) in [6.07, 6.45) is 1.67. The fraction of sp³-hybridized carbons (Fsp3) is 0.281. The molecule has 8 heteroatoms. The molecular formula is C32H36N4O4. The van der Waals surface area contributed by atoms with E-state index in [1.54, 1.807) is 30.0 Å². The maximum Gasteiger partial charge on any atom is 0.338 e. The highest BCUT2D eigenvalue weighted by Crippen LogP contribution is 2.37. The van der Waals surface area contributed by atoms with E-state index in [4.69, 9.17) is 4.74 Å². The zero-order valence-electron chi connectivity index (χ0n) is 23.4. The number of esters is 1. The first-order valence-corrected chi connectivity index (χ1v) is 13.6. The van der Waals surface area contributed by atoms with Crippen molar-refractivity contribution in [3.05, 3.63) is 101 Å². The Morgan fingerprint density at radius 3 is 2.30 bits per heavy atom. The van der Waals surface area contributed by atoms with Gasteiger partial charge in [-0.2, -0.15) is 0 Å². The van der Waals surface area contributed by atoms with Gasteiger partial charge in [-0.25, -0.2) is 14.4 Å². The van der Waals surface area contributed by atoms with E-state index in [-0.39, 0.29) is 18.7 Å². The van der Waals surface area contributed by atoms with Gasteiger partial charge >= 0.3 is 18.0 Å². The Morgan fingerprint density at radius 2 is 1.62 bits per heavy atom. The molecule has 0 saturated carbocycles. The highest BCUT2D eigenvalue weighted by molar-refractivity contribution is 6.05. The Labute approximate surface area is 235 Å².